The van der Waals surface area contributed by atoms with Crippen molar-refractivity contribution in [1.82, 2.24) is 5.32 Å². The number of hydrogen-bond acceptors (Lipinski definition) is 6. The van der Waals surface area contributed by atoms with E-state index in [4.69, 9.17) is 9.05 Å². The second-order valence-corrected chi connectivity index (χ2v) is 24.9. The molecule has 0 aromatic carbocycles. The summed E-state index contributed by atoms with van der Waals surface area (Å²) in [6.45, 7) is 4.67. The normalized spacial score (nSPS) is 14.0. The third kappa shape index (κ3) is 58.4. The second-order valence-electron chi connectivity index (χ2n) is 23.5. The third-order valence-corrected chi connectivity index (χ3v) is 15.8. The summed E-state index contributed by atoms with van der Waals surface area (Å²) in [7, 11) is 1.25. The van der Waals surface area contributed by atoms with Crippen molar-refractivity contribution in [2.24, 2.45) is 0 Å². The number of hydrogen-bond donors (Lipinski definition) is 2. The molecule has 0 heterocycles. The molecule has 3 unspecified atom stereocenters. The van der Waals surface area contributed by atoms with Crippen LogP contribution in [0.5, 0.6) is 0 Å². The van der Waals surface area contributed by atoms with Crippen LogP contribution in [0, 0.1) is 0 Å². The van der Waals surface area contributed by atoms with Crippen LogP contribution in [0.25, 0.3) is 0 Å². The van der Waals surface area contributed by atoms with Crippen LogP contribution in [0.3, 0.4) is 0 Å². The number of nitrogens with one attached hydrogen (secondary N) is 1. The molecule has 0 rings (SSSR count). The van der Waals surface area contributed by atoms with E-state index in [1.165, 1.54) is 257 Å². The molecular formula is C65H127N2O6P. The number of phosphoric ester groups is 1. The Bertz CT molecular complexity index is 1300. The summed E-state index contributed by atoms with van der Waals surface area (Å²) >= 11 is 0. The number of carbonyl (C=O) groups is 1. The number of likely N-dealkylation sites (N-methyl/N-ethyl adjacent to an activating group) is 1. The zero-order chi connectivity index (χ0) is 54.2. The molecular weight excluding hydrogens is 936 g/mol. The number of aliphatic hydroxyl groups is 1. The minimum absolute atomic E-state index is 0.00722. The number of nitrogens with zero attached hydrogens (tertiary/aromatic N) is 1. The highest BCUT2D eigenvalue weighted by Crippen LogP contribution is 2.38. The van der Waals surface area contributed by atoms with Crippen molar-refractivity contribution in [3.8, 4) is 0 Å². The number of phosphoric acid groups is 1. The standard InChI is InChI=1S/C65H127N2O6P/c1-6-8-10-12-14-16-18-20-22-24-26-28-29-30-31-32-33-34-35-36-37-39-40-42-44-46-48-50-52-54-56-58-64(68)63(62-73-74(70,71)72-61-60-67(3,4)5)66-65(69)59-57-55-53-51-49-47-45-43-41-38-27-25-23-21-19-17-15-13-11-9-7-2/h40,42,48,50,56,58,63-64,68H,6-39,41,43-47,49,51-55,57,59-62H2,1-5H3,(H-,66,69,70,71)/b42-40+,50-48+,58-56+. The Balaban J connectivity index is 4.16. The van der Waals surface area contributed by atoms with Gasteiger partial charge in [-0.25, -0.2) is 0 Å². The monoisotopic (exact) mass is 1060 g/mol. The average molecular weight is 1060 g/mol. The molecule has 0 bridgehead atoms. The van der Waals surface area contributed by atoms with Gasteiger partial charge >= 0.3 is 0 Å². The van der Waals surface area contributed by atoms with Crippen LogP contribution in [-0.4, -0.2) is 68.5 Å². The van der Waals surface area contributed by atoms with Gasteiger partial charge in [-0.05, 0) is 44.9 Å². The first-order chi connectivity index (χ1) is 36.0. The number of rotatable bonds is 60. The Kier molecular flexibility index (Phi) is 55.5. The molecule has 0 aromatic heterocycles. The number of amides is 1. The van der Waals surface area contributed by atoms with Crippen molar-refractivity contribution in [3.05, 3.63) is 36.5 Å². The fourth-order valence-electron chi connectivity index (χ4n) is 9.78. The van der Waals surface area contributed by atoms with Crippen molar-refractivity contribution in [2.75, 3.05) is 40.9 Å². The molecule has 0 aromatic rings. The molecule has 1 amide bonds. The Morgan fingerprint density at radius 1 is 0.459 bits per heavy atom. The molecule has 0 aliphatic heterocycles. The summed E-state index contributed by atoms with van der Waals surface area (Å²) in [5.41, 5.74) is 0. The minimum atomic E-state index is -4.61. The minimum Gasteiger partial charge on any atom is -0.756 e. The zero-order valence-corrected chi connectivity index (χ0v) is 51.0. The molecule has 0 radical (unpaired) electrons. The fourth-order valence-corrected chi connectivity index (χ4v) is 10.5. The van der Waals surface area contributed by atoms with E-state index in [1.807, 2.05) is 27.2 Å². The van der Waals surface area contributed by atoms with E-state index in [-0.39, 0.29) is 12.5 Å². The topological polar surface area (TPSA) is 108 Å². The Morgan fingerprint density at radius 3 is 1.09 bits per heavy atom. The van der Waals surface area contributed by atoms with E-state index in [2.05, 4.69) is 43.5 Å². The van der Waals surface area contributed by atoms with Crippen LogP contribution in [0.4, 0.5) is 0 Å². The molecule has 0 saturated heterocycles. The third-order valence-electron chi connectivity index (χ3n) is 14.8. The zero-order valence-electron chi connectivity index (χ0n) is 50.1. The van der Waals surface area contributed by atoms with E-state index in [0.29, 0.717) is 17.4 Å². The number of unbranched alkanes of at least 4 members (excludes halogenated alkanes) is 43. The van der Waals surface area contributed by atoms with Crippen molar-refractivity contribution in [3.63, 3.8) is 0 Å². The highest BCUT2D eigenvalue weighted by Gasteiger charge is 2.23. The maximum absolute atomic E-state index is 13.0. The van der Waals surface area contributed by atoms with Gasteiger partial charge < -0.3 is 28.8 Å². The highest BCUT2D eigenvalue weighted by atomic mass is 31.2. The molecule has 0 spiro atoms. The average Bonchev–Trinajstić information content (AvgIpc) is 3.36. The predicted molar refractivity (Wildman–Crippen MR) is 321 cm³/mol. The maximum Gasteiger partial charge on any atom is 0.268 e. The predicted octanol–water partition coefficient (Wildman–Crippen LogP) is 19.5. The first-order valence-corrected chi connectivity index (χ1v) is 33.8. The lowest BCUT2D eigenvalue weighted by atomic mass is 10.0. The van der Waals surface area contributed by atoms with E-state index in [0.717, 1.165) is 44.9 Å². The Labute approximate surface area is 461 Å². The molecule has 0 saturated carbocycles. The Hall–Kier alpha value is -1.28. The van der Waals surface area contributed by atoms with E-state index < -0.39 is 26.6 Å². The number of allylic oxidation sites excluding steroid dienone is 5. The second kappa shape index (κ2) is 56.4. The summed E-state index contributed by atoms with van der Waals surface area (Å²) in [6.07, 6.45) is 74.0. The first kappa shape index (κ1) is 72.7. The van der Waals surface area contributed by atoms with E-state index in [1.54, 1.807) is 6.08 Å². The van der Waals surface area contributed by atoms with Gasteiger partial charge in [0.15, 0.2) is 0 Å². The van der Waals surface area contributed by atoms with E-state index in [9.17, 15) is 19.4 Å². The Morgan fingerprint density at radius 2 is 0.757 bits per heavy atom. The van der Waals surface area contributed by atoms with Crippen molar-refractivity contribution in [1.29, 1.82) is 0 Å². The number of aliphatic hydroxyl groups excluding tert-OH is 1. The van der Waals surface area contributed by atoms with Gasteiger partial charge in [-0.3, -0.25) is 9.36 Å². The van der Waals surface area contributed by atoms with Gasteiger partial charge in [0, 0.05) is 6.42 Å². The molecule has 0 aliphatic carbocycles. The van der Waals surface area contributed by atoms with Gasteiger partial charge in [0.1, 0.15) is 13.2 Å². The lowest BCUT2D eigenvalue weighted by Crippen LogP contribution is -2.45. The van der Waals surface area contributed by atoms with Crippen LogP contribution < -0.4 is 10.2 Å². The molecule has 74 heavy (non-hydrogen) atoms. The van der Waals surface area contributed by atoms with Crippen LogP contribution in [0.2, 0.25) is 0 Å². The molecule has 0 aliphatic rings. The van der Waals surface area contributed by atoms with Gasteiger partial charge in [0.25, 0.3) is 7.82 Å². The lowest BCUT2D eigenvalue weighted by Gasteiger charge is -2.29. The maximum atomic E-state index is 13.0. The van der Waals surface area contributed by atoms with Crippen LogP contribution in [0.1, 0.15) is 322 Å². The molecule has 438 valence electrons. The summed E-state index contributed by atoms with van der Waals surface area (Å²) in [5.74, 6) is -0.205. The number of carbonyl (C=O) groups excluding carboxylic acids is 1. The van der Waals surface area contributed by atoms with Crippen LogP contribution in [0.15, 0.2) is 36.5 Å². The molecule has 0 fully saturated rings. The molecule has 8 nitrogen and oxygen atoms in total. The first-order valence-electron chi connectivity index (χ1n) is 32.4. The SMILES string of the molecule is CCCCCCCCCCCCCCCCCCCCCCC/C=C/CC/C=C/CC/C=C/C(O)C(COP(=O)([O-])OCC[N+](C)(C)C)NC(=O)CCCCCCCCCCCCCCCCCCCCCCC. The summed E-state index contributed by atoms with van der Waals surface area (Å²) in [5, 5.41) is 13.9. The molecule has 2 N–H and O–H groups in total. The number of quaternary nitrogens is 1. The lowest BCUT2D eigenvalue weighted by molar-refractivity contribution is -0.870. The molecule has 3 atom stereocenters. The van der Waals surface area contributed by atoms with Crippen LogP contribution >= 0.6 is 7.82 Å². The van der Waals surface area contributed by atoms with Crippen LogP contribution in [-0.2, 0) is 18.4 Å². The summed E-state index contributed by atoms with van der Waals surface area (Å²) in [6, 6.07) is -0.909. The smallest absolute Gasteiger partial charge is 0.268 e. The van der Waals surface area contributed by atoms with Gasteiger partial charge in [-0.2, -0.15) is 0 Å². The van der Waals surface area contributed by atoms with Gasteiger partial charge in [-0.15, -0.1) is 0 Å². The largest absolute Gasteiger partial charge is 0.756 e. The van der Waals surface area contributed by atoms with E-state index >= 15 is 0 Å². The summed E-state index contributed by atoms with van der Waals surface area (Å²) < 4.78 is 23.4. The molecule has 9 heteroatoms. The van der Waals surface area contributed by atoms with Gasteiger partial charge in [0.05, 0.1) is 39.9 Å². The van der Waals surface area contributed by atoms with Crippen molar-refractivity contribution < 1.29 is 32.9 Å². The quantitative estimate of drug-likeness (QED) is 0.0272. The highest BCUT2D eigenvalue weighted by molar-refractivity contribution is 7.45. The van der Waals surface area contributed by atoms with Crippen molar-refractivity contribution in [2.45, 2.75) is 334 Å². The fraction of sp³-hybridized carbons (Fsp3) is 0.892. The van der Waals surface area contributed by atoms with Gasteiger partial charge in [-0.1, -0.05) is 307 Å². The van der Waals surface area contributed by atoms with Crippen molar-refractivity contribution >= 4 is 13.7 Å². The van der Waals surface area contributed by atoms with Gasteiger partial charge in [0.2, 0.25) is 5.91 Å². The summed E-state index contributed by atoms with van der Waals surface area (Å²) in [4.78, 5) is 25.5.